The number of rotatable bonds is 5. The van der Waals surface area contributed by atoms with Gasteiger partial charge in [-0.15, -0.1) is 0 Å². The van der Waals surface area contributed by atoms with Gasteiger partial charge in [-0.3, -0.25) is 4.79 Å². The minimum absolute atomic E-state index is 0.0105. The van der Waals surface area contributed by atoms with Gasteiger partial charge in [0.1, 0.15) is 12.2 Å². The first kappa shape index (κ1) is 14.0. The van der Waals surface area contributed by atoms with Crippen molar-refractivity contribution in [2.75, 3.05) is 6.61 Å². The quantitative estimate of drug-likeness (QED) is 0.758. The van der Waals surface area contributed by atoms with E-state index in [1.54, 1.807) is 6.92 Å². The van der Waals surface area contributed by atoms with Gasteiger partial charge in [0.2, 0.25) is 0 Å². The lowest BCUT2D eigenvalue weighted by atomic mass is 10.0. The largest absolute Gasteiger partial charge is 0.456 e. The van der Waals surface area contributed by atoms with Crippen molar-refractivity contribution in [2.45, 2.75) is 31.8 Å². The number of carbonyl (C=O) groups excluding carboxylic acids is 1. The molecule has 5 nitrogen and oxygen atoms in total. The zero-order valence-corrected chi connectivity index (χ0v) is 10.7. The predicted molar refractivity (Wildman–Crippen MR) is 67.2 cm³/mol. The van der Waals surface area contributed by atoms with Crippen LogP contribution in [0.15, 0.2) is 30.3 Å². The maximum atomic E-state index is 11.3. The summed E-state index contributed by atoms with van der Waals surface area (Å²) in [5, 5.41) is 19.6. The van der Waals surface area contributed by atoms with Crippen LogP contribution in [0.4, 0.5) is 0 Å². The van der Waals surface area contributed by atoms with Crippen molar-refractivity contribution in [1.29, 1.82) is 0 Å². The molecule has 0 aliphatic carbocycles. The number of cyclic esters (lactones) is 1. The lowest BCUT2D eigenvalue weighted by Gasteiger charge is -2.20. The van der Waals surface area contributed by atoms with Gasteiger partial charge in [-0.25, -0.2) is 0 Å². The Morgan fingerprint density at radius 2 is 2.05 bits per heavy atom. The average molecular weight is 266 g/mol. The fourth-order valence-electron chi connectivity index (χ4n) is 2.01. The molecule has 1 aliphatic rings. The van der Waals surface area contributed by atoms with E-state index in [9.17, 15) is 15.0 Å². The number of aliphatic hydroxyl groups is 2. The second-order valence-corrected chi connectivity index (χ2v) is 4.75. The van der Waals surface area contributed by atoms with Crippen LogP contribution >= 0.6 is 0 Å². The second-order valence-electron chi connectivity index (χ2n) is 4.75. The number of ether oxygens (including phenoxy) is 2. The fourth-order valence-corrected chi connectivity index (χ4v) is 2.01. The third-order valence-corrected chi connectivity index (χ3v) is 3.25. The SMILES string of the molecule is C[C@@H]1C(=O)O[C@H]([C@H](O)COCc2ccccc2)[C@H]1O. The number of esters is 1. The Hall–Kier alpha value is -1.43. The molecule has 0 saturated carbocycles. The number of carbonyl (C=O) groups is 1. The summed E-state index contributed by atoms with van der Waals surface area (Å²) in [6, 6.07) is 9.55. The van der Waals surface area contributed by atoms with E-state index in [1.165, 1.54) is 0 Å². The highest BCUT2D eigenvalue weighted by Crippen LogP contribution is 2.24. The lowest BCUT2D eigenvalue weighted by Crippen LogP contribution is -2.39. The van der Waals surface area contributed by atoms with E-state index in [0.29, 0.717) is 6.61 Å². The highest BCUT2D eigenvalue weighted by atomic mass is 16.6. The number of hydrogen-bond donors (Lipinski definition) is 2. The van der Waals surface area contributed by atoms with Crippen molar-refractivity contribution in [3.05, 3.63) is 35.9 Å². The van der Waals surface area contributed by atoms with Gasteiger partial charge in [-0.05, 0) is 12.5 Å². The van der Waals surface area contributed by atoms with Crippen LogP contribution in [0.2, 0.25) is 0 Å². The van der Waals surface area contributed by atoms with Crippen molar-refractivity contribution in [3.8, 4) is 0 Å². The summed E-state index contributed by atoms with van der Waals surface area (Å²) in [6.45, 7) is 1.95. The van der Waals surface area contributed by atoms with Crippen LogP contribution in [0.3, 0.4) is 0 Å². The molecule has 1 heterocycles. The first-order valence-corrected chi connectivity index (χ1v) is 6.28. The zero-order chi connectivity index (χ0) is 13.8. The molecule has 1 fully saturated rings. The molecule has 1 aromatic rings. The molecule has 0 spiro atoms. The molecular weight excluding hydrogens is 248 g/mol. The summed E-state index contributed by atoms with van der Waals surface area (Å²) >= 11 is 0. The molecule has 0 bridgehead atoms. The van der Waals surface area contributed by atoms with Crippen LogP contribution in [-0.2, 0) is 20.9 Å². The van der Waals surface area contributed by atoms with Crippen LogP contribution in [0.1, 0.15) is 12.5 Å². The summed E-state index contributed by atoms with van der Waals surface area (Å²) in [5.74, 6) is -1.09. The maximum absolute atomic E-state index is 11.3. The van der Waals surface area contributed by atoms with Crippen molar-refractivity contribution in [3.63, 3.8) is 0 Å². The van der Waals surface area contributed by atoms with Gasteiger partial charge < -0.3 is 19.7 Å². The molecule has 2 N–H and O–H groups in total. The van der Waals surface area contributed by atoms with Gasteiger partial charge in [0.05, 0.1) is 19.1 Å². The summed E-state index contributed by atoms with van der Waals surface area (Å²) in [4.78, 5) is 11.3. The van der Waals surface area contributed by atoms with Gasteiger partial charge in [0.25, 0.3) is 0 Å². The normalized spacial score (nSPS) is 28.2. The molecule has 0 unspecified atom stereocenters. The van der Waals surface area contributed by atoms with E-state index in [2.05, 4.69) is 0 Å². The lowest BCUT2D eigenvalue weighted by molar-refractivity contribution is -0.150. The van der Waals surface area contributed by atoms with Crippen LogP contribution in [0, 0.1) is 5.92 Å². The Kier molecular flexibility index (Phi) is 4.52. The molecule has 2 rings (SSSR count). The Labute approximate surface area is 111 Å². The summed E-state index contributed by atoms with van der Waals surface area (Å²) < 4.78 is 10.3. The molecular formula is C14H18O5. The highest BCUT2D eigenvalue weighted by molar-refractivity contribution is 5.75. The molecule has 5 heteroatoms. The summed E-state index contributed by atoms with van der Waals surface area (Å²) in [7, 11) is 0. The van der Waals surface area contributed by atoms with Crippen molar-refractivity contribution in [1.82, 2.24) is 0 Å². The Morgan fingerprint density at radius 3 is 2.63 bits per heavy atom. The monoisotopic (exact) mass is 266 g/mol. The van der Waals surface area contributed by atoms with Crippen molar-refractivity contribution < 1.29 is 24.5 Å². The maximum Gasteiger partial charge on any atom is 0.311 e. The first-order chi connectivity index (χ1) is 9.09. The van der Waals surface area contributed by atoms with E-state index in [4.69, 9.17) is 9.47 Å². The topological polar surface area (TPSA) is 76.0 Å². The molecule has 1 aliphatic heterocycles. The van der Waals surface area contributed by atoms with E-state index in [-0.39, 0.29) is 6.61 Å². The Bertz CT molecular complexity index is 419. The average Bonchev–Trinajstić information content (AvgIpc) is 2.68. The molecule has 1 saturated heterocycles. The molecule has 104 valence electrons. The van der Waals surface area contributed by atoms with Gasteiger partial charge >= 0.3 is 5.97 Å². The molecule has 1 aromatic carbocycles. The minimum atomic E-state index is -1.02. The highest BCUT2D eigenvalue weighted by Gasteiger charge is 2.44. The first-order valence-electron chi connectivity index (χ1n) is 6.28. The molecule has 0 amide bonds. The molecule has 19 heavy (non-hydrogen) atoms. The summed E-state index contributed by atoms with van der Waals surface area (Å²) in [6.07, 6.45) is -2.91. The Balaban J connectivity index is 1.79. The minimum Gasteiger partial charge on any atom is -0.456 e. The third kappa shape index (κ3) is 3.32. The van der Waals surface area contributed by atoms with Gasteiger partial charge in [0, 0.05) is 0 Å². The van der Waals surface area contributed by atoms with Gasteiger partial charge in [-0.2, -0.15) is 0 Å². The van der Waals surface area contributed by atoms with Crippen LogP contribution in [0.5, 0.6) is 0 Å². The number of benzene rings is 1. The molecule has 0 aromatic heterocycles. The zero-order valence-electron chi connectivity index (χ0n) is 10.7. The summed E-state index contributed by atoms with van der Waals surface area (Å²) in [5.41, 5.74) is 0.993. The molecule has 4 atom stereocenters. The second kappa shape index (κ2) is 6.14. The fraction of sp³-hybridized carbons (Fsp3) is 0.500. The van der Waals surface area contributed by atoms with Gasteiger partial charge in [-0.1, -0.05) is 30.3 Å². The van der Waals surface area contributed by atoms with E-state index in [1.807, 2.05) is 30.3 Å². The van der Waals surface area contributed by atoms with Crippen molar-refractivity contribution >= 4 is 5.97 Å². The van der Waals surface area contributed by atoms with Crippen LogP contribution < -0.4 is 0 Å². The van der Waals surface area contributed by atoms with Crippen LogP contribution in [-0.4, -0.2) is 41.1 Å². The Morgan fingerprint density at radius 1 is 1.37 bits per heavy atom. The smallest absolute Gasteiger partial charge is 0.311 e. The van der Waals surface area contributed by atoms with Crippen LogP contribution in [0.25, 0.3) is 0 Å². The standard InChI is InChI=1S/C14H18O5/c1-9-12(16)13(19-14(9)17)11(15)8-18-7-10-5-3-2-4-6-10/h2-6,9,11-13,15-16H,7-8H2,1H3/t9-,11+,12-,13+/m0/s1. The van der Waals surface area contributed by atoms with E-state index in [0.717, 1.165) is 5.56 Å². The van der Waals surface area contributed by atoms with E-state index >= 15 is 0 Å². The number of hydrogen-bond acceptors (Lipinski definition) is 5. The predicted octanol–water partition coefficient (Wildman–Crippen LogP) is 0.486. The van der Waals surface area contributed by atoms with E-state index < -0.39 is 30.2 Å². The van der Waals surface area contributed by atoms with Gasteiger partial charge in [0.15, 0.2) is 6.10 Å². The third-order valence-electron chi connectivity index (χ3n) is 3.25. The molecule has 0 radical (unpaired) electrons. The number of aliphatic hydroxyl groups excluding tert-OH is 2. The van der Waals surface area contributed by atoms with Crippen molar-refractivity contribution in [2.24, 2.45) is 5.92 Å².